The Morgan fingerprint density at radius 3 is 1.92 bits per heavy atom. The fourth-order valence-corrected chi connectivity index (χ4v) is 0.860. The monoisotopic (exact) mass is 179 g/mol. The van der Waals surface area contributed by atoms with E-state index in [1.165, 1.54) is 31.4 Å². The first kappa shape index (κ1) is 9.25. The van der Waals surface area contributed by atoms with Crippen LogP contribution in [0.15, 0.2) is 24.3 Å². The van der Waals surface area contributed by atoms with E-state index < -0.39 is 11.9 Å². The predicted octanol–water partition coefficient (Wildman–Crippen LogP) is 1.04. The van der Waals surface area contributed by atoms with Crippen LogP contribution in [0.3, 0.4) is 0 Å². The number of methoxy groups -OCH3 is 1. The highest BCUT2D eigenvalue weighted by Crippen LogP contribution is 2.05. The topological polar surface area (TPSA) is 63.3 Å². The second-order valence-electron chi connectivity index (χ2n) is 2.36. The van der Waals surface area contributed by atoms with E-state index >= 15 is 0 Å². The molecule has 0 saturated carbocycles. The summed E-state index contributed by atoms with van der Waals surface area (Å²) < 4.78 is 4.43. The van der Waals surface area contributed by atoms with E-state index in [0.717, 1.165) is 0 Å². The van der Waals surface area contributed by atoms with Crippen molar-refractivity contribution in [3.05, 3.63) is 35.4 Å². The largest absolute Gasteiger partial charge is 0.465 e. The Morgan fingerprint density at radius 2 is 1.54 bits per heavy atom. The molecule has 0 aliphatic rings. The minimum Gasteiger partial charge on any atom is -0.465 e. The summed E-state index contributed by atoms with van der Waals surface area (Å²) in [4.78, 5) is 21.2. The van der Waals surface area contributed by atoms with Crippen LogP contribution in [0.4, 0.5) is 0 Å². The van der Waals surface area contributed by atoms with Crippen molar-refractivity contribution in [3.63, 3.8) is 0 Å². The van der Waals surface area contributed by atoms with E-state index in [-0.39, 0.29) is 5.56 Å². The molecule has 0 saturated heterocycles. The highest BCUT2D eigenvalue weighted by Gasteiger charge is 2.07. The first-order valence-corrected chi connectivity index (χ1v) is 3.55. The van der Waals surface area contributed by atoms with Crippen molar-refractivity contribution >= 4 is 11.9 Å². The maximum Gasteiger partial charge on any atom is 0.386 e. The molecule has 0 amide bonds. The van der Waals surface area contributed by atoms with E-state index in [0.29, 0.717) is 5.56 Å². The lowest BCUT2D eigenvalue weighted by atomic mass is 10.1. The van der Waals surface area contributed by atoms with Crippen LogP contribution in [-0.2, 0) is 9.84 Å². The van der Waals surface area contributed by atoms with E-state index in [1.54, 1.807) is 0 Å². The number of ether oxygens (including phenoxy) is 1. The molecule has 0 fully saturated rings. The molecule has 0 bridgehead atoms. The van der Waals surface area contributed by atoms with Crippen molar-refractivity contribution in [3.8, 4) is 0 Å². The molecule has 67 valence electrons. The molecule has 4 heteroatoms. The van der Waals surface area contributed by atoms with Crippen molar-refractivity contribution in [1.82, 2.24) is 0 Å². The van der Waals surface area contributed by atoms with Gasteiger partial charge < -0.3 is 4.74 Å². The second-order valence-corrected chi connectivity index (χ2v) is 2.36. The number of esters is 1. The van der Waals surface area contributed by atoms with Gasteiger partial charge in [-0.3, -0.25) is 0 Å². The van der Waals surface area contributed by atoms with Gasteiger partial charge in [-0.15, -0.1) is 0 Å². The van der Waals surface area contributed by atoms with Gasteiger partial charge in [0.1, 0.15) is 0 Å². The highest BCUT2D eigenvalue weighted by molar-refractivity contribution is 5.92. The quantitative estimate of drug-likeness (QED) is 0.637. The predicted molar refractivity (Wildman–Crippen MR) is 42.8 cm³/mol. The summed E-state index contributed by atoms with van der Waals surface area (Å²) in [6.45, 7) is 0. The summed E-state index contributed by atoms with van der Waals surface area (Å²) in [7, 11) is 1.26. The van der Waals surface area contributed by atoms with Gasteiger partial charge in [-0.2, -0.15) is 0 Å². The van der Waals surface area contributed by atoms with Gasteiger partial charge in [0, 0.05) is 0 Å². The van der Waals surface area contributed by atoms with Gasteiger partial charge in [-0.25, -0.2) is 14.7 Å². The van der Waals surface area contributed by atoms with Crippen LogP contribution in [-0.4, -0.2) is 19.0 Å². The average molecular weight is 179 g/mol. The summed E-state index contributed by atoms with van der Waals surface area (Å²) in [5.74, 6) is -1.76. The van der Waals surface area contributed by atoms with Gasteiger partial charge in [-0.1, -0.05) is 0 Å². The molecule has 0 spiro atoms. The van der Waals surface area contributed by atoms with E-state index in [9.17, 15) is 14.7 Å². The zero-order valence-electron chi connectivity index (χ0n) is 6.94. The summed E-state index contributed by atoms with van der Waals surface area (Å²) in [5, 5.41) is 10.3. The van der Waals surface area contributed by atoms with Gasteiger partial charge in [0.25, 0.3) is 0 Å². The number of benzene rings is 1. The lowest BCUT2D eigenvalue weighted by Gasteiger charge is -1.97. The van der Waals surface area contributed by atoms with Gasteiger partial charge in [0.2, 0.25) is 0 Å². The van der Waals surface area contributed by atoms with E-state index in [1.807, 2.05) is 0 Å². The second kappa shape index (κ2) is 3.71. The number of rotatable bonds is 2. The standard InChI is InChI=1S/C9H7O4/c1-13-9(12)7-4-2-6(3-5-7)8(10)11/h2-5H,1H3. The first-order valence-electron chi connectivity index (χ1n) is 3.55. The number of hydrogen-bond donors (Lipinski definition) is 0. The number of carbonyl (C=O) groups is 2. The lowest BCUT2D eigenvalue weighted by molar-refractivity contribution is 0.0566. The Bertz CT molecular complexity index is 326. The third-order valence-electron chi connectivity index (χ3n) is 1.54. The molecule has 0 atom stereocenters. The third kappa shape index (κ3) is 2.05. The van der Waals surface area contributed by atoms with Gasteiger partial charge in [-0.05, 0) is 24.3 Å². The van der Waals surface area contributed by atoms with E-state index in [2.05, 4.69) is 4.74 Å². The summed E-state index contributed by atoms with van der Waals surface area (Å²) in [6, 6.07) is 5.33. The fourth-order valence-electron chi connectivity index (χ4n) is 0.860. The van der Waals surface area contributed by atoms with Crippen molar-refractivity contribution in [2.75, 3.05) is 7.11 Å². The lowest BCUT2D eigenvalue weighted by Crippen LogP contribution is -2.02. The molecule has 0 aliphatic heterocycles. The van der Waals surface area contributed by atoms with Crippen LogP contribution in [0.5, 0.6) is 0 Å². The van der Waals surface area contributed by atoms with Crippen LogP contribution in [0, 0.1) is 0 Å². The van der Waals surface area contributed by atoms with Gasteiger partial charge in [0.15, 0.2) is 0 Å². The van der Waals surface area contributed by atoms with Gasteiger partial charge >= 0.3 is 11.9 Å². The normalized spacial score (nSPS) is 9.31. The van der Waals surface area contributed by atoms with Crippen LogP contribution < -0.4 is 0 Å². The minimum absolute atomic E-state index is 0.0349. The Labute approximate surface area is 74.8 Å². The number of hydrogen-bond acceptors (Lipinski definition) is 3. The van der Waals surface area contributed by atoms with Crippen LogP contribution in [0.2, 0.25) is 0 Å². The maximum absolute atomic E-state index is 10.9. The fraction of sp³-hybridized carbons (Fsp3) is 0.111. The Balaban J connectivity index is 2.93. The van der Waals surface area contributed by atoms with Crippen LogP contribution in [0.25, 0.3) is 0 Å². The molecule has 0 aliphatic carbocycles. The Hall–Kier alpha value is -1.84. The SMILES string of the molecule is COC(=O)c1ccc(C([O])=O)cc1. The molecule has 1 rings (SSSR count). The van der Waals surface area contributed by atoms with Crippen molar-refractivity contribution in [1.29, 1.82) is 0 Å². The molecule has 13 heavy (non-hydrogen) atoms. The molecule has 1 aromatic carbocycles. The first-order chi connectivity index (χ1) is 6.15. The summed E-state index contributed by atoms with van der Waals surface area (Å²) >= 11 is 0. The minimum atomic E-state index is -1.27. The van der Waals surface area contributed by atoms with Crippen molar-refractivity contribution in [2.24, 2.45) is 0 Å². The molecular weight excluding hydrogens is 172 g/mol. The Morgan fingerprint density at radius 1 is 1.08 bits per heavy atom. The van der Waals surface area contributed by atoms with Crippen molar-refractivity contribution < 1.29 is 19.4 Å². The molecule has 4 nitrogen and oxygen atoms in total. The summed E-state index contributed by atoms with van der Waals surface area (Å²) in [5.41, 5.74) is 0.347. The van der Waals surface area contributed by atoms with Crippen LogP contribution >= 0.6 is 0 Å². The molecule has 0 aromatic heterocycles. The molecule has 0 unspecified atom stereocenters. The Kier molecular flexibility index (Phi) is 2.64. The smallest absolute Gasteiger partial charge is 0.386 e. The molecule has 0 heterocycles. The van der Waals surface area contributed by atoms with Crippen molar-refractivity contribution in [2.45, 2.75) is 0 Å². The molecule has 1 radical (unpaired) electrons. The number of carbonyl (C=O) groups excluding carboxylic acids is 2. The summed E-state index contributed by atoms with van der Waals surface area (Å²) in [6.07, 6.45) is 0. The third-order valence-corrected chi connectivity index (χ3v) is 1.54. The molecule has 0 N–H and O–H groups in total. The zero-order chi connectivity index (χ0) is 9.84. The maximum atomic E-state index is 10.9. The highest BCUT2D eigenvalue weighted by atomic mass is 16.5. The molecular formula is C9H7O4. The van der Waals surface area contributed by atoms with Crippen LogP contribution in [0.1, 0.15) is 20.7 Å². The molecule has 1 aromatic rings. The average Bonchev–Trinajstić information content (AvgIpc) is 2.17. The zero-order valence-corrected chi connectivity index (χ0v) is 6.94. The van der Waals surface area contributed by atoms with Gasteiger partial charge in [0.05, 0.1) is 18.2 Å². The van der Waals surface area contributed by atoms with E-state index in [4.69, 9.17) is 0 Å².